The summed E-state index contributed by atoms with van der Waals surface area (Å²) < 4.78 is 33.1. The molecule has 2 aromatic carbocycles. The van der Waals surface area contributed by atoms with Gasteiger partial charge in [0.1, 0.15) is 5.75 Å². The first-order valence-electron chi connectivity index (χ1n) is 8.12. The van der Waals surface area contributed by atoms with Gasteiger partial charge in [0.15, 0.2) is 0 Å². The Kier molecular flexibility index (Phi) is 5.64. The summed E-state index contributed by atoms with van der Waals surface area (Å²) in [6.07, 6.45) is 1.70. The molecule has 0 heterocycles. The molecule has 0 aromatic heterocycles. The summed E-state index contributed by atoms with van der Waals surface area (Å²) in [5.74, 6) is 0.308. The van der Waals surface area contributed by atoms with E-state index in [9.17, 15) is 13.2 Å². The maximum absolute atomic E-state index is 12.6. The number of carbonyl (C=O) groups excluding carboxylic acids is 1. The number of para-hydroxylation sites is 1. The molecule has 0 saturated heterocycles. The molecule has 1 fully saturated rings. The molecular weight excluding hydrogens is 420 g/mol. The average molecular weight is 439 g/mol. The Morgan fingerprint density at radius 3 is 2.65 bits per heavy atom. The first-order valence-corrected chi connectivity index (χ1v) is 10.4. The fourth-order valence-corrected chi connectivity index (χ4v) is 4.21. The quantitative estimate of drug-likeness (QED) is 0.695. The van der Waals surface area contributed by atoms with Crippen molar-refractivity contribution in [1.29, 1.82) is 0 Å². The highest BCUT2D eigenvalue weighted by Gasteiger charge is 2.28. The zero-order valence-electron chi connectivity index (χ0n) is 14.2. The highest BCUT2D eigenvalue weighted by molar-refractivity contribution is 9.10. The lowest BCUT2D eigenvalue weighted by molar-refractivity contribution is 0.0949. The number of methoxy groups -OCH3 is 1. The van der Waals surface area contributed by atoms with E-state index in [0.29, 0.717) is 10.2 Å². The molecule has 1 saturated carbocycles. The van der Waals surface area contributed by atoms with E-state index in [-0.39, 0.29) is 29.0 Å². The summed E-state index contributed by atoms with van der Waals surface area (Å²) in [4.78, 5) is 12.6. The zero-order chi connectivity index (χ0) is 18.7. The molecule has 1 aliphatic carbocycles. The van der Waals surface area contributed by atoms with Crippen LogP contribution >= 0.6 is 15.9 Å². The van der Waals surface area contributed by atoms with Gasteiger partial charge in [-0.05, 0) is 53.0 Å². The van der Waals surface area contributed by atoms with Crippen LogP contribution in [0.5, 0.6) is 5.75 Å². The van der Waals surface area contributed by atoms with Crippen molar-refractivity contribution in [1.82, 2.24) is 10.0 Å². The summed E-state index contributed by atoms with van der Waals surface area (Å²) in [7, 11) is -2.05. The minimum atomic E-state index is -3.62. The van der Waals surface area contributed by atoms with Crippen LogP contribution in [0.15, 0.2) is 51.8 Å². The summed E-state index contributed by atoms with van der Waals surface area (Å²) >= 11 is 3.31. The van der Waals surface area contributed by atoms with Gasteiger partial charge >= 0.3 is 0 Å². The van der Waals surface area contributed by atoms with Crippen molar-refractivity contribution in [2.24, 2.45) is 0 Å². The number of nitrogens with one attached hydrogen (secondary N) is 2. The summed E-state index contributed by atoms with van der Waals surface area (Å²) in [5.41, 5.74) is 1.09. The molecule has 0 atom stereocenters. The Bertz CT molecular complexity index is 927. The van der Waals surface area contributed by atoms with Gasteiger partial charge in [0, 0.05) is 22.6 Å². The molecule has 6 nitrogen and oxygen atoms in total. The van der Waals surface area contributed by atoms with Crippen molar-refractivity contribution in [3.05, 3.63) is 58.1 Å². The molecule has 2 N–H and O–H groups in total. The van der Waals surface area contributed by atoms with Crippen molar-refractivity contribution in [3.8, 4) is 5.75 Å². The lowest BCUT2D eigenvalue weighted by Crippen LogP contribution is -2.27. The second-order valence-corrected chi connectivity index (χ2v) is 8.60. The standard InChI is InChI=1S/C18H19BrN2O4S/c1-25-17-5-3-2-4-12(17)11-20-18(22)15-10-14(8-9-16(15)19)26(23,24)21-13-6-7-13/h2-5,8-10,13,21H,6-7,11H2,1H3,(H,20,22). The highest BCUT2D eigenvalue weighted by atomic mass is 79.9. The summed E-state index contributed by atoms with van der Waals surface area (Å²) in [6, 6.07) is 11.8. The van der Waals surface area contributed by atoms with Crippen molar-refractivity contribution < 1.29 is 17.9 Å². The van der Waals surface area contributed by atoms with Gasteiger partial charge in [-0.15, -0.1) is 0 Å². The zero-order valence-corrected chi connectivity index (χ0v) is 16.6. The predicted molar refractivity (Wildman–Crippen MR) is 102 cm³/mol. The molecule has 1 aliphatic rings. The van der Waals surface area contributed by atoms with E-state index in [0.717, 1.165) is 18.4 Å². The van der Waals surface area contributed by atoms with E-state index in [2.05, 4.69) is 26.0 Å². The third kappa shape index (κ3) is 4.44. The normalized spacial score (nSPS) is 14.1. The molecule has 0 radical (unpaired) electrons. The van der Waals surface area contributed by atoms with Gasteiger partial charge in [-0.2, -0.15) is 0 Å². The number of rotatable bonds is 7. The number of amides is 1. The second-order valence-electron chi connectivity index (χ2n) is 6.03. The number of sulfonamides is 1. The number of hydrogen-bond acceptors (Lipinski definition) is 4. The topological polar surface area (TPSA) is 84.5 Å². The largest absolute Gasteiger partial charge is 0.496 e. The van der Waals surface area contributed by atoms with Crippen LogP contribution in [0.25, 0.3) is 0 Å². The van der Waals surface area contributed by atoms with E-state index in [1.165, 1.54) is 12.1 Å². The minimum Gasteiger partial charge on any atom is -0.496 e. The van der Waals surface area contributed by atoms with Gasteiger partial charge in [0.2, 0.25) is 10.0 Å². The third-order valence-corrected chi connectivity index (χ3v) is 6.23. The van der Waals surface area contributed by atoms with Crippen LogP contribution in [-0.4, -0.2) is 27.5 Å². The first-order chi connectivity index (χ1) is 12.4. The molecule has 26 heavy (non-hydrogen) atoms. The Morgan fingerprint density at radius 2 is 1.96 bits per heavy atom. The predicted octanol–water partition coefficient (Wildman–Crippen LogP) is 2.83. The summed E-state index contributed by atoms with van der Waals surface area (Å²) in [5, 5.41) is 2.80. The van der Waals surface area contributed by atoms with E-state index in [1.807, 2.05) is 24.3 Å². The van der Waals surface area contributed by atoms with E-state index in [1.54, 1.807) is 13.2 Å². The number of hydrogen-bond donors (Lipinski definition) is 2. The van der Waals surface area contributed by atoms with Gasteiger partial charge in [-0.1, -0.05) is 18.2 Å². The molecule has 0 bridgehead atoms. The fourth-order valence-electron chi connectivity index (χ4n) is 2.45. The highest BCUT2D eigenvalue weighted by Crippen LogP contribution is 2.25. The molecule has 3 rings (SSSR count). The van der Waals surface area contributed by atoms with E-state index < -0.39 is 10.0 Å². The molecule has 138 valence electrons. The van der Waals surface area contributed by atoms with Crippen LogP contribution in [0.3, 0.4) is 0 Å². The number of carbonyl (C=O) groups is 1. The maximum Gasteiger partial charge on any atom is 0.252 e. The molecule has 0 aliphatic heterocycles. The molecular formula is C18H19BrN2O4S. The van der Waals surface area contributed by atoms with Gasteiger partial charge in [-0.3, -0.25) is 4.79 Å². The van der Waals surface area contributed by atoms with E-state index >= 15 is 0 Å². The minimum absolute atomic E-state index is 0.00599. The smallest absolute Gasteiger partial charge is 0.252 e. The second kappa shape index (κ2) is 7.77. The van der Waals surface area contributed by atoms with Crippen molar-refractivity contribution in [2.75, 3.05) is 7.11 Å². The van der Waals surface area contributed by atoms with Gasteiger partial charge in [-0.25, -0.2) is 13.1 Å². The van der Waals surface area contributed by atoms with Crippen LogP contribution in [0.1, 0.15) is 28.8 Å². The first kappa shape index (κ1) is 18.9. The Morgan fingerprint density at radius 1 is 1.23 bits per heavy atom. The van der Waals surface area contributed by atoms with Crippen molar-refractivity contribution >= 4 is 31.9 Å². The Hall–Kier alpha value is -1.90. The Labute approximate surface area is 161 Å². The number of halogens is 1. The lowest BCUT2D eigenvalue weighted by Gasteiger charge is -2.12. The lowest BCUT2D eigenvalue weighted by atomic mass is 10.1. The van der Waals surface area contributed by atoms with E-state index in [4.69, 9.17) is 4.74 Å². The van der Waals surface area contributed by atoms with Crippen LogP contribution in [0, 0.1) is 0 Å². The SMILES string of the molecule is COc1ccccc1CNC(=O)c1cc(S(=O)(=O)NC2CC2)ccc1Br. The summed E-state index contributed by atoms with van der Waals surface area (Å²) in [6.45, 7) is 0.270. The van der Waals surface area contributed by atoms with Crippen molar-refractivity contribution in [3.63, 3.8) is 0 Å². The average Bonchev–Trinajstić information content (AvgIpc) is 3.43. The van der Waals surface area contributed by atoms with Crippen LogP contribution < -0.4 is 14.8 Å². The third-order valence-electron chi connectivity index (χ3n) is 4.02. The molecule has 8 heteroatoms. The monoisotopic (exact) mass is 438 g/mol. The number of benzene rings is 2. The van der Waals surface area contributed by atoms with Gasteiger partial charge < -0.3 is 10.1 Å². The molecule has 0 unspecified atom stereocenters. The number of ether oxygens (including phenoxy) is 1. The van der Waals surface area contributed by atoms with Crippen LogP contribution in [0.4, 0.5) is 0 Å². The molecule has 1 amide bonds. The fraction of sp³-hybridized carbons (Fsp3) is 0.278. The van der Waals surface area contributed by atoms with Crippen LogP contribution in [0.2, 0.25) is 0 Å². The van der Waals surface area contributed by atoms with Crippen molar-refractivity contribution in [2.45, 2.75) is 30.3 Å². The molecule has 2 aromatic rings. The van der Waals surface area contributed by atoms with Gasteiger partial charge in [0.25, 0.3) is 5.91 Å². The van der Waals surface area contributed by atoms with Crippen LogP contribution in [-0.2, 0) is 16.6 Å². The molecule has 0 spiro atoms. The Balaban J connectivity index is 1.77. The maximum atomic E-state index is 12.6. The van der Waals surface area contributed by atoms with Gasteiger partial charge in [0.05, 0.1) is 17.6 Å².